The SMILES string of the molecule is O=C(CN1CCN(c2ccccc2F)CC1)Nc1ccc(S(=O)(=O)N2CCCCCC2)cc1. The zero-order chi connectivity index (χ0) is 23.3. The van der Waals surface area contributed by atoms with Crippen molar-refractivity contribution < 1.29 is 17.6 Å². The Morgan fingerprint density at radius 2 is 1.48 bits per heavy atom. The lowest BCUT2D eigenvalue weighted by Gasteiger charge is -2.35. The first-order chi connectivity index (χ1) is 15.9. The Morgan fingerprint density at radius 1 is 0.848 bits per heavy atom. The van der Waals surface area contributed by atoms with Crippen molar-refractivity contribution in [2.75, 3.05) is 56.0 Å². The Balaban J connectivity index is 1.28. The summed E-state index contributed by atoms with van der Waals surface area (Å²) in [5.41, 5.74) is 1.16. The van der Waals surface area contributed by atoms with Gasteiger partial charge in [0.15, 0.2) is 0 Å². The van der Waals surface area contributed by atoms with Crippen LogP contribution in [0.2, 0.25) is 0 Å². The predicted molar refractivity (Wildman–Crippen MR) is 127 cm³/mol. The molecular weight excluding hydrogens is 443 g/mol. The fraction of sp³-hybridized carbons (Fsp3) is 0.458. The summed E-state index contributed by atoms with van der Waals surface area (Å²) in [4.78, 5) is 16.8. The van der Waals surface area contributed by atoms with Crippen molar-refractivity contribution in [1.29, 1.82) is 0 Å². The third-order valence-electron chi connectivity index (χ3n) is 6.27. The smallest absolute Gasteiger partial charge is 0.243 e. The summed E-state index contributed by atoms with van der Waals surface area (Å²) in [5.74, 6) is -0.387. The van der Waals surface area contributed by atoms with Gasteiger partial charge >= 0.3 is 0 Å². The van der Waals surface area contributed by atoms with Crippen molar-refractivity contribution >= 4 is 27.3 Å². The van der Waals surface area contributed by atoms with E-state index in [2.05, 4.69) is 5.32 Å². The van der Waals surface area contributed by atoms with Crippen molar-refractivity contribution in [2.24, 2.45) is 0 Å². The van der Waals surface area contributed by atoms with E-state index in [4.69, 9.17) is 0 Å². The monoisotopic (exact) mass is 474 g/mol. The van der Waals surface area contributed by atoms with E-state index >= 15 is 0 Å². The summed E-state index contributed by atoms with van der Waals surface area (Å²) in [5, 5.41) is 2.85. The van der Waals surface area contributed by atoms with Crippen molar-refractivity contribution in [3.8, 4) is 0 Å². The number of nitrogens with one attached hydrogen (secondary N) is 1. The number of halogens is 1. The molecule has 2 aromatic carbocycles. The molecule has 0 radical (unpaired) electrons. The second-order valence-corrected chi connectivity index (χ2v) is 10.5. The van der Waals surface area contributed by atoms with Gasteiger partial charge in [-0.1, -0.05) is 25.0 Å². The van der Waals surface area contributed by atoms with E-state index in [-0.39, 0.29) is 23.2 Å². The van der Waals surface area contributed by atoms with Gasteiger partial charge in [0.25, 0.3) is 0 Å². The van der Waals surface area contributed by atoms with Crippen molar-refractivity contribution in [3.63, 3.8) is 0 Å². The molecule has 2 aliphatic rings. The van der Waals surface area contributed by atoms with Crippen molar-refractivity contribution in [2.45, 2.75) is 30.6 Å². The lowest BCUT2D eigenvalue weighted by Crippen LogP contribution is -2.48. The third-order valence-corrected chi connectivity index (χ3v) is 8.19. The molecule has 2 aromatic rings. The first-order valence-corrected chi connectivity index (χ1v) is 13.0. The van der Waals surface area contributed by atoms with Gasteiger partial charge in [-0.2, -0.15) is 4.31 Å². The number of para-hydroxylation sites is 1. The van der Waals surface area contributed by atoms with Crippen LogP contribution >= 0.6 is 0 Å². The highest BCUT2D eigenvalue weighted by Gasteiger charge is 2.25. The standard InChI is InChI=1S/C24H31FN4O3S/c25-22-7-3-4-8-23(22)28-17-15-27(16-18-28)19-24(30)26-20-9-11-21(12-10-20)33(31,32)29-13-5-1-2-6-14-29/h3-4,7-12H,1-2,5-6,13-19H2,(H,26,30). The number of hydrogen-bond donors (Lipinski definition) is 1. The van der Waals surface area contributed by atoms with Crippen LogP contribution in [-0.2, 0) is 14.8 Å². The van der Waals surface area contributed by atoms with E-state index < -0.39 is 10.0 Å². The van der Waals surface area contributed by atoms with E-state index in [1.54, 1.807) is 40.7 Å². The molecule has 2 saturated heterocycles. The molecule has 0 unspecified atom stereocenters. The second kappa shape index (κ2) is 10.6. The number of sulfonamides is 1. The van der Waals surface area contributed by atoms with E-state index in [0.29, 0.717) is 50.6 Å². The molecule has 0 atom stereocenters. The fourth-order valence-electron chi connectivity index (χ4n) is 4.40. The van der Waals surface area contributed by atoms with Crippen LogP contribution in [0, 0.1) is 5.82 Å². The minimum atomic E-state index is -3.50. The number of piperazine rings is 1. The number of carbonyl (C=O) groups is 1. The van der Waals surface area contributed by atoms with Gasteiger partial charge in [-0.15, -0.1) is 0 Å². The number of rotatable bonds is 6. The average molecular weight is 475 g/mol. The lowest BCUT2D eigenvalue weighted by molar-refractivity contribution is -0.117. The average Bonchev–Trinajstić information content (AvgIpc) is 3.11. The van der Waals surface area contributed by atoms with Gasteiger partial charge in [-0.25, -0.2) is 12.8 Å². The summed E-state index contributed by atoms with van der Waals surface area (Å²) in [6.07, 6.45) is 3.91. The first-order valence-electron chi connectivity index (χ1n) is 11.6. The highest BCUT2D eigenvalue weighted by molar-refractivity contribution is 7.89. The topological polar surface area (TPSA) is 73.0 Å². The largest absolute Gasteiger partial charge is 0.367 e. The highest BCUT2D eigenvalue weighted by atomic mass is 32.2. The first kappa shape index (κ1) is 23.7. The Labute approximate surface area is 195 Å². The molecule has 0 aromatic heterocycles. The maximum absolute atomic E-state index is 14.0. The maximum atomic E-state index is 14.0. The number of nitrogens with zero attached hydrogens (tertiary/aromatic N) is 3. The summed E-state index contributed by atoms with van der Waals surface area (Å²) < 4.78 is 41.3. The quantitative estimate of drug-likeness (QED) is 0.696. The van der Waals surface area contributed by atoms with Crippen LogP contribution in [0.25, 0.3) is 0 Å². The number of hydrogen-bond acceptors (Lipinski definition) is 5. The molecule has 2 aliphatic heterocycles. The normalized spacial score (nSPS) is 18.6. The van der Waals surface area contributed by atoms with Gasteiger partial charge in [0, 0.05) is 45.0 Å². The molecule has 2 heterocycles. The van der Waals surface area contributed by atoms with E-state index in [1.807, 2.05) is 15.9 Å². The molecule has 0 bridgehead atoms. The van der Waals surface area contributed by atoms with Crippen LogP contribution in [0.1, 0.15) is 25.7 Å². The second-order valence-electron chi connectivity index (χ2n) is 8.61. The minimum absolute atomic E-state index is 0.155. The zero-order valence-corrected chi connectivity index (χ0v) is 19.6. The molecule has 0 spiro atoms. The van der Waals surface area contributed by atoms with Crippen LogP contribution in [0.15, 0.2) is 53.4 Å². The lowest BCUT2D eigenvalue weighted by atomic mass is 10.2. The predicted octanol–water partition coefficient (Wildman–Crippen LogP) is 3.15. The van der Waals surface area contributed by atoms with E-state index in [1.165, 1.54) is 6.07 Å². The Morgan fingerprint density at radius 3 is 2.12 bits per heavy atom. The molecular formula is C24H31FN4O3S. The van der Waals surface area contributed by atoms with Gasteiger partial charge in [-0.3, -0.25) is 9.69 Å². The molecule has 7 nitrogen and oxygen atoms in total. The van der Waals surface area contributed by atoms with Crippen LogP contribution in [0.5, 0.6) is 0 Å². The molecule has 1 N–H and O–H groups in total. The molecule has 9 heteroatoms. The summed E-state index contributed by atoms with van der Waals surface area (Å²) in [6.45, 7) is 3.98. The molecule has 178 valence electrons. The Kier molecular flexibility index (Phi) is 7.62. The summed E-state index contributed by atoms with van der Waals surface area (Å²) >= 11 is 0. The zero-order valence-electron chi connectivity index (χ0n) is 18.7. The molecule has 0 aliphatic carbocycles. The van der Waals surface area contributed by atoms with Crippen LogP contribution in [0.3, 0.4) is 0 Å². The maximum Gasteiger partial charge on any atom is 0.243 e. The molecule has 2 fully saturated rings. The number of benzene rings is 2. The number of amides is 1. The number of carbonyl (C=O) groups excluding carboxylic acids is 1. The molecule has 0 saturated carbocycles. The van der Waals surface area contributed by atoms with E-state index in [9.17, 15) is 17.6 Å². The third kappa shape index (κ3) is 5.90. The summed E-state index contributed by atoms with van der Waals surface area (Å²) in [7, 11) is -3.50. The minimum Gasteiger partial charge on any atom is -0.367 e. The van der Waals surface area contributed by atoms with Gasteiger partial charge < -0.3 is 10.2 Å². The van der Waals surface area contributed by atoms with Gasteiger partial charge in [0.2, 0.25) is 15.9 Å². The van der Waals surface area contributed by atoms with Gasteiger partial charge in [0.05, 0.1) is 17.1 Å². The van der Waals surface area contributed by atoms with Gasteiger partial charge in [-0.05, 0) is 49.2 Å². The Hall–Kier alpha value is -2.49. The van der Waals surface area contributed by atoms with E-state index in [0.717, 1.165) is 25.7 Å². The van der Waals surface area contributed by atoms with Gasteiger partial charge in [0.1, 0.15) is 5.82 Å². The summed E-state index contributed by atoms with van der Waals surface area (Å²) in [6, 6.07) is 13.1. The van der Waals surface area contributed by atoms with Crippen molar-refractivity contribution in [1.82, 2.24) is 9.21 Å². The van der Waals surface area contributed by atoms with Crippen LogP contribution in [0.4, 0.5) is 15.8 Å². The van der Waals surface area contributed by atoms with Crippen LogP contribution in [-0.4, -0.2) is 69.3 Å². The number of anilines is 2. The molecule has 1 amide bonds. The Bertz CT molecular complexity index is 1050. The molecule has 4 rings (SSSR count). The fourth-order valence-corrected chi connectivity index (χ4v) is 5.92. The van der Waals surface area contributed by atoms with Crippen molar-refractivity contribution in [3.05, 3.63) is 54.3 Å². The highest BCUT2D eigenvalue weighted by Crippen LogP contribution is 2.22. The van der Waals surface area contributed by atoms with Crippen LogP contribution < -0.4 is 10.2 Å². The molecule has 33 heavy (non-hydrogen) atoms.